The molecule has 0 unspecified atom stereocenters. The van der Waals surface area contributed by atoms with E-state index in [0.717, 1.165) is 58.4 Å². The molecule has 3 aliphatic rings. The molecule has 0 spiro atoms. The van der Waals surface area contributed by atoms with Crippen LogP contribution in [0.25, 0.3) is 0 Å². The van der Waals surface area contributed by atoms with Gasteiger partial charge in [0.15, 0.2) is 0 Å². The van der Waals surface area contributed by atoms with E-state index >= 15 is 0 Å². The number of likely N-dealkylation sites (tertiary alicyclic amines) is 2. The van der Waals surface area contributed by atoms with Crippen LogP contribution in [0.5, 0.6) is 0 Å². The maximum atomic E-state index is 12.9. The summed E-state index contributed by atoms with van der Waals surface area (Å²) in [5.41, 5.74) is 1.27. The van der Waals surface area contributed by atoms with E-state index in [4.69, 9.17) is 0 Å². The molecule has 0 radical (unpaired) electrons. The number of nitrogens with one attached hydrogen (secondary N) is 1. The summed E-state index contributed by atoms with van der Waals surface area (Å²) in [5, 5.41) is 13.0. The van der Waals surface area contributed by atoms with Crippen molar-refractivity contribution in [3.05, 3.63) is 30.1 Å². The van der Waals surface area contributed by atoms with E-state index in [2.05, 4.69) is 32.2 Å². The molecule has 1 aromatic heterocycles. The van der Waals surface area contributed by atoms with Crippen molar-refractivity contribution in [1.82, 2.24) is 20.1 Å². The highest BCUT2D eigenvalue weighted by Gasteiger charge is 2.36. The number of carbonyl (C=O) groups excluding carboxylic acids is 1. The van der Waals surface area contributed by atoms with Gasteiger partial charge in [-0.05, 0) is 75.9 Å². The Balaban J connectivity index is 1.22. The lowest BCUT2D eigenvalue weighted by molar-refractivity contribution is -0.127. The molecule has 166 valence electrons. The predicted molar refractivity (Wildman–Crippen MR) is 118 cm³/mol. The number of aromatic nitrogens is 1. The van der Waals surface area contributed by atoms with Crippen molar-refractivity contribution in [1.29, 1.82) is 0 Å². The molecule has 1 atom stereocenters. The third-order valence-electron chi connectivity index (χ3n) is 7.69. The zero-order chi connectivity index (χ0) is 20.8. The van der Waals surface area contributed by atoms with E-state index in [1.54, 1.807) is 0 Å². The highest BCUT2D eigenvalue weighted by molar-refractivity contribution is 5.79. The summed E-state index contributed by atoms with van der Waals surface area (Å²) in [6.07, 6.45) is 12.7. The topological polar surface area (TPSA) is 68.7 Å². The number of aliphatic hydroxyl groups is 1. The number of aliphatic hydroxyl groups excluding tert-OH is 1. The van der Waals surface area contributed by atoms with Gasteiger partial charge in [0, 0.05) is 43.5 Å². The molecule has 1 aliphatic carbocycles. The van der Waals surface area contributed by atoms with E-state index in [0.29, 0.717) is 12.6 Å². The monoisotopic (exact) mass is 414 g/mol. The Morgan fingerprint density at radius 1 is 1.10 bits per heavy atom. The van der Waals surface area contributed by atoms with Crippen molar-refractivity contribution < 1.29 is 9.90 Å². The second-order valence-electron chi connectivity index (χ2n) is 9.78. The van der Waals surface area contributed by atoms with Crippen LogP contribution in [0.3, 0.4) is 0 Å². The third-order valence-corrected chi connectivity index (χ3v) is 7.69. The van der Waals surface area contributed by atoms with Crippen LogP contribution in [0.2, 0.25) is 0 Å². The van der Waals surface area contributed by atoms with Gasteiger partial charge in [0.05, 0.1) is 12.5 Å². The van der Waals surface area contributed by atoms with E-state index in [1.165, 1.54) is 31.2 Å². The van der Waals surface area contributed by atoms with Crippen LogP contribution < -0.4 is 5.32 Å². The third kappa shape index (κ3) is 5.40. The predicted octanol–water partition coefficient (Wildman–Crippen LogP) is 2.43. The Hall–Kier alpha value is -1.50. The fourth-order valence-corrected chi connectivity index (χ4v) is 5.68. The normalized spacial score (nSPS) is 26.0. The van der Waals surface area contributed by atoms with Crippen LogP contribution in [-0.2, 0) is 11.3 Å². The molecular formula is C24H38N4O2. The number of rotatable bonds is 7. The number of hydrogen-bond acceptors (Lipinski definition) is 5. The van der Waals surface area contributed by atoms with Crippen LogP contribution in [0.1, 0.15) is 56.9 Å². The second-order valence-corrected chi connectivity index (χ2v) is 9.78. The molecule has 3 heterocycles. The highest BCUT2D eigenvalue weighted by atomic mass is 16.3. The van der Waals surface area contributed by atoms with Gasteiger partial charge in [0.1, 0.15) is 0 Å². The van der Waals surface area contributed by atoms with Crippen LogP contribution in [0.4, 0.5) is 0 Å². The SMILES string of the molecule is O=C(NCC1(CO)CCCC1)[C@H]1CCCN(C2CCN(Cc3ccncc3)CC2)C1. The van der Waals surface area contributed by atoms with E-state index in [1.807, 2.05) is 12.4 Å². The number of pyridine rings is 1. The molecule has 2 N–H and O–H groups in total. The second kappa shape index (κ2) is 10.2. The summed E-state index contributed by atoms with van der Waals surface area (Å²) in [5.74, 6) is 0.306. The van der Waals surface area contributed by atoms with Crippen molar-refractivity contribution >= 4 is 5.91 Å². The largest absolute Gasteiger partial charge is 0.396 e. The van der Waals surface area contributed by atoms with Crippen LogP contribution >= 0.6 is 0 Å². The van der Waals surface area contributed by atoms with Crippen molar-refractivity contribution in [3.63, 3.8) is 0 Å². The number of amides is 1. The minimum absolute atomic E-state index is 0.0638. The number of nitrogens with zero attached hydrogens (tertiary/aromatic N) is 3. The molecular weight excluding hydrogens is 376 g/mol. The van der Waals surface area contributed by atoms with Crippen molar-refractivity contribution in [2.75, 3.05) is 39.3 Å². The van der Waals surface area contributed by atoms with Gasteiger partial charge < -0.3 is 10.4 Å². The van der Waals surface area contributed by atoms with Crippen LogP contribution in [-0.4, -0.2) is 71.2 Å². The van der Waals surface area contributed by atoms with E-state index in [9.17, 15) is 9.90 Å². The van der Waals surface area contributed by atoms with Gasteiger partial charge in [0.2, 0.25) is 5.91 Å². The molecule has 1 saturated carbocycles. The molecule has 1 aromatic rings. The maximum Gasteiger partial charge on any atom is 0.224 e. The average molecular weight is 415 g/mol. The molecule has 6 nitrogen and oxygen atoms in total. The lowest BCUT2D eigenvalue weighted by atomic mass is 9.86. The fourth-order valence-electron chi connectivity index (χ4n) is 5.68. The Kier molecular flexibility index (Phi) is 7.39. The first-order valence-corrected chi connectivity index (χ1v) is 11.9. The van der Waals surface area contributed by atoms with Gasteiger partial charge in [-0.2, -0.15) is 0 Å². The number of hydrogen-bond donors (Lipinski definition) is 2. The quantitative estimate of drug-likeness (QED) is 0.717. The van der Waals surface area contributed by atoms with Gasteiger partial charge in [-0.1, -0.05) is 12.8 Å². The number of piperidine rings is 2. The first kappa shape index (κ1) is 21.7. The molecule has 4 rings (SSSR count). The minimum Gasteiger partial charge on any atom is -0.396 e. The molecule has 0 bridgehead atoms. The van der Waals surface area contributed by atoms with E-state index in [-0.39, 0.29) is 23.8 Å². The molecule has 1 amide bonds. The molecule has 0 aromatic carbocycles. The Morgan fingerprint density at radius 2 is 1.83 bits per heavy atom. The summed E-state index contributed by atoms with van der Waals surface area (Å²) in [7, 11) is 0. The molecule has 2 saturated heterocycles. The summed E-state index contributed by atoms with van der Waals surface area (Å²) in [6, 6.07) is 4.81. The Bertz CT molecular complexity index is 669. The first-order valence-electron chi connectivity index (χ1n) is 11.9. The standard InChI is InChI=1S/C24H38N4O2/c29-19-24(9-1-2-10-24)18-26-23(30)21-4-3-13-28(17-21)22-7-14-27(15-8-22)16-20-5-11-25-12-6-20/h5-6,11-12,21-22,29H,1-4,7-10,13-19H2,(H,26,30)/t21-/m0/s1. The lowest BCUT2D eigenvalue weighted by Gasteiger charge is -2.42. The van der Waals surface area contributed by atoms with Crippen LogP contribution in [0, 0.1) is 11.3 Å². The van der Waals surface area contributed by atoms with E-state index < -0.39 is 0 Å². The average Bonchev–Trinajstić information content (AvgIpc) is 3.28. The van der Waals surface area contributed by atoms with Gasteiger partial charge in [-0.25, -0.2) is 0 Å². The van der Waals surface area contributed by atoms with Crippen LogP contribution in [0.15, 0.2) is 24.5 Å². The fraction of sp³-hybridized carbons (Fsp3) is 0.750. The molecule has 2 aliphatic heterocycles. The van der Waals surface area contributed by atoms with Gasteiger partial charge in [-0.3, -0.25) is 19.6 Å². The van der Waals surface area contributed by atoms with Crippen molar-refractivity contribution in [3.8, 4) is 0 Å². The van der Waals surface area contributed by atoms with Crippen molar-refractivity contribution in [2.24, 2.45) is 11.3 Å². The Morgan fingerprint density at radius 3 is 2.53 bits per heavy atom. The zero-order valence-corrected chi connectivity index (χ0v) is 18.3. The summed E-state index contributed by atoms with van der Waals surface area (Å²) < 4.78 is 0. The lowest BCUT2D eigenvalue weighted by Crippen LogP contribution is -2.51. The van der Waals surface area contributed by atoms with Crippen molar-refractivity contribution in [2.45, 2.75) is 64.0 Å². The number of carbonyl (C=O) groups is 1. The maximum absolute atomic E-state index is 12.9. The van der Waals surface area contributed by atoms with Gasteiger partial charge in [0.25, 0.3) is 0 Å². The molecule has 6 heteroatoms. The van der Waals surface area contributed by atoms with Gasteiger partial charge in [-0.15, -0.1) is 0 Å². The summed E-state index contributed by atoms with van der Waals surface area (Å²) >= 11 is 0. The molecule has 30 heavy (non-hydrogen) atoms. The molecule has 3 fully saturated rings. The Labute approximate surface area is 181 Å². The van der Waals surface area contributed by atoms with Gasteiger partial charge >= 0.3 is 0 Å². The summed E-state index contributed by atoms with van der Waals surface area (Å²) in [6.45, 7) is 6.12. The smallest absolute Gasteiger partial charge is 0.224 e. The highest BCUT2D eigenvalue weighted by Crippen LogP contribution is 2.37. The first-order chi connectivity index (χ1) is 14.7. The summed E-state index contributed by atoms with van der Waals surface area (Å²) in [4.78, 5) is 22.1. The minimum atomic E-state index is -0.0638. The zero-order valence-electron chi connectivity index (χ0n) is 18.3.